The number of amides is 2. The van der Waals surface area contributed by atoms with Gasteiger partial charge < -0.3 is 15.1 Å². The van der Waals surface area contributed by atoms with E-state index in [1.165, 1.54) is 4.90 Å². The second-order valence-electron chi connectivity index (χ2n) is 5.85. The summed E-state index contributed by atoms with van der Waals surface area (Å²) in [5.41, 5.74) is 0.610. The fourth-order valence-corrected chi connectivity index (χ4v) is 2.83. The highest BCUT2D eigenvalue weighted by Crippen LogP contribution is 2.16. The molecule has 1 fully saturated rings. The van der Waals surface area contributed by atoms with Crippen molar-refractivity contribution in [1.82, 2.24) is 15.1 Å². The van der Waals surface area contributed by atoms with Crippen LogP contribution in [0.2, 0.25) is 0 Å². The van der Waals surface area contributed by atoms with Crippen molar-refractivity contribution in [3.63, 3.8) is 0 Å². The molecule has 0 spiro atoms. The molecule has 1 heterocycles. The smallest absolute Gasteiger partial charge is 0.254 e. The standard InChI is InChI=1S/C18H21N3O2/c1-20(13-17(22)21-10-8-19-9-11-21)18(23)16-7-6-14-4-2-3-5-15(14)12-16/h2-7,12,19H,8-11,13H2,1H3. The highest BCUT2D eigenvalue weighted by atomic mass is 16.2. The van der Waals surface area contributed by atoms with Crippen molar-refractivity contribution in [2.45, 2.75) is 0 Å². The molecule has 1 N–H and O–H groups in total. The second kappa shape index (κ2) is 6.79. The summed E-state index contributed by atoms with van der Waals surface area (Å²) in [5.74, 6) is -0.123. The molecular weight excluding hydrogens is 290 g/mol. The zero-order valence-electron chi connectivity index (χ0n) is 13.3. The van der Waals surface area contributed by atoms with Crippen molar-refractivity contribution in [2.75, 3.05) is 39.8 Å². The number of hydrogen-bond donors (Lipinski definition) is 1. The first kappa shape index (κ1) is 15.5. The lowest BCUT2D eigenvalue weighted by Gasteiger charge is -2.29. The first-order valence-corrected chi connectivity index (χ1v) is 7.88. The molecule has 0 aromatic heterocycles. The van der Waals surface area contributed by atoms with E-state index in [2.05, 4.69) is 5.32 Å². The van der Waals surface area contributed by atoms with Crippen molar-refractivity contribution in [3.05, 3.63) is 48.0 Å². The fourth-order valence-electron chi connectivity index (χ4n) is 2.83. The molecule has 0 bridgehead atoms. The van der Waals surface area contributed by atoms with Crippen LogP contribution < -0.4 is 5.32 Å². The lowest BCUT2D eigenvalue weighted by Crippen LogP contribution is -2.49. The van der Waals surface area contributed by atoms with Gasteiger partial charge in [0.2, 0.25) is 5.91 Å². The predicted octanol–water partition coefficient (Wildman–Crippen LogP) is 1.34. The largest absolute Gasteiger partial charge is 0.339 e. The molecule has 1 aliphatic heterocycles. The Balaban J connectivity index is 1.69. The lowest BCUT2D eigenvalue weighted by molar-refractivity contribution is -0.132. The van der Waals surface area contributed by atoms with Gasteiger partial charge in [-0.25, -0.2) is 0 Å². The maximum Gasteiger partial charge on any atom is 0.254 e. The van der Waals surface area contributed by atoms with Gasteiger partial charge in [-0.05, 0) is 22.9 Å². The van der Waals surface area contributed by atoms with Gasteiger partial charge in [-0.1, -0.05) is 30.3 Å². The van der Waals surface area contributed by atoms with E-state index in [0.29, 0.717) is 18.7 Å². The summed E-state index contributed by atoms with van der Waals surface area (Å²) in [6.45, 7) is 3.15. The summed E-state index contributed by atoms with van der Waals surface area (Å²) in [5, 5.41) is 5.34. The fraction of sp³-hybridized carbons (Fsp3) is 0.333. The van der Waals surface area contributed by atoms with E-state index in [4.69, 9.17) is 0 Å². The third-order valence-electron chi connectivity index (χ3n) is 4.19. The second-order valence-corrected chi connectivity index (χ2v) is 5.85. The summed E-state index contributed by atoms with van der Waals surface area (Å²) < 4.78 is 0. The molecule has 0 unspecified atom stereocenters. The van der Waals surface area contributed by atoms with Gasteiger partial charge in [-0.3, -0.25) is 9.59 Å². The molecule has 5 nitrogen and oxygen atoms in total. The first-order valence-electron chi connectivity index (χ1n) is 7.88. The van der Waals surface area contributed by atoms with Crippen LogP contribution in [0, 0.1) is 0 Å². The summed E-state index contributed by atoms with van der Waals surface area (Å²) >= 11 is 0. The number of likely N-dealkylation sites (N-methyl/N-ethyl adjacent to an activating group) is 1. The quantitative estimate of drug-likeness (QED) is 0.931. The van der Waals surface area contributed by atoms with Crippen LogP contribution in [-0.4, -0.2) is 61.4 Å². The Kier molecular flexibility index (Phi) is 4.57. The van der Waals surface area contributed by atoms with E-state index in [-0.39, 0.29) is 18.4 Å². The van der Waals surface area contributed by atoms with E-state index in [9.17, 15) is 9.59 Å². The van der Waals surface area contributed by atoms with Crippen LogP contribution >= 0.6 is 0 Å². The molecule has 1 aliphatic rings. The van der Waals surface area contributed by atoms with Gasteiger partial charge in [0.25, 0.3) is 5.91 Å². The summed E-state index contributed by atoms with van der Waals surface area (Å²) in [4.78, 5) is 28.1. The van der Waals surface area contributed by atoms with Gasteiger partial charge in [0.1, 0.15) is 0 Å². The van der Waals surface area contributed by atoms with Gasteiger partial charge >= 0.3 is 0 Å². The number of nitrogens with zero attached hydrogens (tertiary/aromatic N) is 2. The summed E-state index contributed by atoms with van der Waals surface area (Å²) in [6.07, 6.45) is 0. The number of carbonyl (C=O) groups excluding carboxylic acids is 2. The summed E-state index contributed by atoms with van der Waals surface area (Å²) in [6, 6.07) is 13.6. The maximum absolute atomic E-state index is 12.5. The van der Waals surface area contributed by atoms with Gasteiger partial charge in [0.15, 0.2) is 0 Å². The summed E-state index contributed by atoms with van der Waals surface area (Å²) in [7, 11) is 1.68. The van der Waals surface area contributed by atoms with Crippen molar-refractivity contribution in [3.8, 4) is 0 Å². The average Bonchev–Trinajstić information content (AvgIpc) is 2.61. The molecule has 0 saturated carbocycles. The number of nitrogens with one attached hydrogen (secondary N) is 1. The highest BCUT2D eigenvalue weighted by Gasteiger charge is 2.20. The van der Waals surface area contributed by atoms with Crippen LogP contribution in [0.1, 0.15) is 10.4 Å². The van der Waals surface area contributed by atoms with Gasteiger partial charge in [-0.2, -0.15) is 0 Å². The normalized spacial score (nSPS) is 14.7. The number of rotatable bonds is 3. The Morgan fingerprint density at radius 1 is 1.09 bits per heavy atom. The van der Waals surface area contributed by atoms with Gasteiger partial charge in [-0.15, -0.1) is 0 Å². The molecule has 0 aliphatic carbocycles. The molecule has 23 heavy (non-hydrogen) atoms. The van der Waals surface area contributed by atoms with Crippen molar-refractivity contribution < 1.29 is 9.59 Å². The molecular formula is C18H21N3O2. The van der Waals surface area contributed by atoms with E-state index in [0.717, 1.165) is 23.9 Å². The predicted molar refractivity (Wildman–Crippen MR) is 90.4 cm³/mol. The van der Waals surface area contributed by atoms with Crippen molar-refractivity contribution in [2.24, 2.45) is 0 Å². The SMILES string of the molecule is CN(CC(=O)N1CCNCC1)C(=O)c1ccc2ccccc2c1. The molecule has 2 aromatic carbocycles. The van der Waals surface area contributed by atoms with E-state index in [1.807, 2.05) is 42.5 Å². The maximum atomic E-state index is 12.5. The molecule has 1 saturated heterocycles. The Hall–Kier alpha value is -2.40. The lowest BCUT2D eigenvalue weighted by atomic mass is 10.1. The Morgan fingerprint density at radius 2 is 1.78 bits per heavy atom. The van der Waals surface area contributed by atoms with Gasteiger partial charge in [0, 0.05) is 38.8 Å². The number of hydrogen-bond acceptors (Lipinski definition) is 3. The molecule has 3 rings (SSSR count). The zero-order chi connectivity index (χ0) is 16.2. The average molecular weight is 311 g/mol. The molecule has 2 amide bonds. The van der Waals surface area contributed by atoms with Crippen LogP contribution in [0.4, 0.5) is 0 Å². The minimum atomic E-state index is -0.126. The van der Waals surface area contributed by atoms with Crippen LogP contribution in [0.15, 0.2) is 42.5 Å². The van der Waals surface area contributed by atoms with Crippen molar-refractivity contribution >= 4 is 22.6 Å². The number of piperazine rings is 1. The van der Waals surface area contributed by atoms with Crippen LogP contribution in [0.5, 0.6) is 0 Å². The van der Waals surface area contributed by atoms with Crippen LogP contribution in [-0.2, 0) is 4.79 Å². The molecule has 0 atom stereocenters. The molecule has 5 heteroatoms. The van der Waals surface area contributed by atoms with Crippen LogP contribution in [0.25, 0.3) is 10.8 Å². The minimum absolute atomic E-state index is 0.00291. The Morgan fingerprint density at radius 3 is 2.52 bits per heavy atom. The van der Waals surface area contributed by atoms with E-state index < -0.39 is 0 Å². The molecule has 0 radical (unpaired) electrons. The van der Waals surface area contributed by atoms with Gasteiger partial charge in [0.05, 0.1) is 6.54 Å². The third-order valence-corrected chi connectivity index (χ3v) is 4.19. The highest BCUT2D eigenvalue weighted by molar-refractivity contribution is 5.99. The monoisotopic (exact) mass is 311 g/mol. The van der Waals surface area contributed by atoms with Crippen LogP contribution in [0.3, 0.4) is 0 Å². The van der Waals surface area contributed by atoms with E-state index >= 15 is 0 Å². The number of fused-ring (bicyclic) bond motifs is 1. The molecule has 2 aromatic rings. The third kappa shape index (κ3) is 3.51. The Bertz CT molecular complexity index is 723. The van der Waals surface area contributed by atoms with E-state index in [1.54, 1.807) is 11.9 Å². The first-order chi connectivity index (χ1) is 11.1. The minimum Gasteiger partial charge on any atom is -0.339 e. The van der Waals surface area contributed by atoms with Crippen molar-refractivity contribution in [1.29, 1.82) is 0 Å². The topological polar surface area (TPSA) is 52.7 Å². The molecule has 120 valence electrons. The zero-order valence-corrected chi connectivity index (χ0v) is 13.3. The number of carbonyl (C=O) groups is 2. The Labute approximate surface area is 135 Å². The number of benzene rings is 2.